The lowest BCUT2D eigenvalue weighted by molar-refractivity contribution is 0.626. The second-order valence-corrected chi connectivity index (χ2v) is 3.68. The number of anilines is 2. The number of hydrazine groups is 1. The van der Waals surface area contributed by atoms with Crippen LogP contribution in [-0.4, -0.2) is 0 Å². The van der Waals surface area contributed by atoms with Crippen molar-refractivity contribution in [2.24, 2.45) is 5.84 Å². The van der Waals surface area contributed by atoms with Crippen molar-refractivity contribution in [3.63, 3.8) is 0 Å². The van der Waals surface area contributed by atoms with Crippen molar-refractivity contribution in [2.75, 3.05) is 5.01 Å². The molecule has 0 aromatic heterocycles. The summed E-state index contributed by atoms with van der Waals surface area (Å²) in [6.07, 6.45) is 0. The molecular formula is C12H10ClFN2. The van der Waals surface area contributed by atoms with Crippen molar-refractivity contribution in [3.8, 4) is 0 Å². The molecular weight excluding hydrogens is 227 g/mol. The van der Waals surface area contributed by atoms with Crippen LogP contribution in [0.25, 0.3) is 0 Å². The fourth-order valence-corrected chi connectivity index (χ4v) is 1.69. The molecule has 2 aromatic carbocycles. The van der Waals surface area contributed by atoms with Gasteiger partial charge in [-0.15, -0.1) is 0 Å². The topological polar surface area (TPSA) is 29.3 Å². The highest BCUT2D eigenvalue weighted by Crippen LogP contribution is 2.31. The third-order valence-electron chi connectivity index (χ3n) is 2.21. The lowest BCUT2D eigenvalue weighted by Gasteiger charge is -2.20. The molecule has 0 unspecified atom stereocenters. The monoisotopic (exact) mass is 236 g/mol. The maximum Gasteiger partial charge on any atom is 0.149 e. The molecule has 0 aliphatic rings. The molecule has 2 nitrogen and oxygen atoms in total. The van der Waals surface area contributed by atoms with E-state index in [0.717, 1.165) is 0 Å². The summed E-state index contributed by atoms with van der Waals surface area (Å²) >= 11 is 5.91. The van der Waals surface area contributed by atoms with Crippen LogP contribution in [0, 0.1) is 5.82 Å². The van der Waals surface area contributed by atoms with Crippen LogP contribution in [0.1, 0.15) is 0 Å². The minimum absolute atomic E-state index is 0.176. The van der Waals surface area contributed by atoms with Crippen molar-refractivity contribution < 1.29 is 4.39 Å². The first-order chi connectivity index (χ1) is 7.70. The first-order valence-corrected chi connectivity index (χ1v) is 5.12. The van der Waals surface area contributed by atoms with E-state index in [1.807, 2.05) is 18.2 Å². The second-order valence-electron chi connectivity index (χ2n) is 3.28. The molecule has 4 heteroatoms. The molecule has 16 heavy (non-hydrogen) atoms. The standard InChI is InChI=1S/C12H10ClFN2/c13-10-7-4-8-11(14)12(10)16(15)9-5-2-1-3-6-9/h1-8H,15H2. The Morgan fingerprint density at radius 2 is 1.69 bits per heavy atom. The van der Waals surface area contributed by atoms with Crippen LogP contribution in [0.3, 0.4) is 0 Å². The maximum atomic E-state index is 13.6. The van der Waals surface area contributed by atoms with Gasteiger partial charge in [0.25, 0.3) is 0 Å². The molecule has 0 aliphatic carbocycles. The van der Waals surface area contributed by atoms with Crippen molar-refractivity contribution >= 4 is 23.0 Å². The van der Waals surface area contributed by atoms with Crippen LogP contribution in [0.5, 0.6) is 0 Å². The second kappa shape index (κ2) is 4.51. The van der Waals surface area contributed by atoms with Crippen LogP contribution in [0.15, 0.2) is 48.5 Å². The summed E-state index contributed by atoms with van der Waals surface area (Å²) in [7, 11) is 0. The van der Waals surface area contributed by atoms with Gasteiger partial charge in [-0.3, -0.25) is 5.01 Å². The highest BCUT2D eigenvalue weighted by atomic mass is 35.5. The van der Waals surface area contributed by atoms with E-state index in [-0.39, 0.29) is 10.7 Å². The van der Waals surface area contributed by atoms with Gasteiger partial charge in [0.05, 0.1) is 10.7 Å². The molecule has 2 rings (SSSR count). The van der Waals surface area contributed by atoms with Gasteiger partial charge in [0.2, 0.25) is 0 Å². The first kappa shape index (κ1) is 10.9. The number of hydrogen-bond donors (Lipinski definition) is 1. The van der Waals surface area contributed by atoms with Gasteiger partial charge in [-0.05, 0) is 24.3 Å². The number of nitrogens with zero attached hydrogens (tertiary/aromatic N) is 1. The normalized spacial score (nSPS) is 10.2. The van der Waals surface area contributed by atoms with Crippen LogP contribution in [0.2, 0.25) is 5.02 Å². The maximum absolute atomic E-state index is 13.6. The lowest BCUT2D eigenvalue weighted by atomic mass is 10.2. The van der Waals surface area contributed by atoms with E-state index >= 15 is 0 Å². The summed E-state index contributed by atoms with van der Waals surface area (Å²) in [4.78, 5) is 0. The Morgan fingerprint density at radius 1 is 1.00 bits per heavy atom. The SMILES string of the molecule is NN(c1ccccc1)c1c(F)cccc1Cl. The first-order valence-electron chi connectivity index (χ1n) is 4.74. The third kappa shape index (κ3) is 2.01. The van der Waals surface area contributed by atoms with E-state index in [4.69, 9.17) is 17.4 Å². The van der Waals surface area contributed by atoms with Crippen molar-refractivity contribution in [1.82, 2.24) is 0 Å². The molecule has 0 saturated carbocycles. The summed E-state index contributed by atoms with van der Waals surface area (Å²) in [5.41, 5.74) is 0.852. The minimum Gasteiger partial charge on any atom is -0.275 e. The van der Waals surface area contributed by atoms with E-state index in [1.54, 1.807) is 24.3 Å². The van der Waals surface area contributed by atoms with Crippen LogP contribution in [-0.2, 0) is 0 Å². The quantitative estimate of drug-likeness (QED) is 0.639. The fourth-order valence-electron chi connectivity index (χ4n) is 1.44. The molecule has 0 fully saturated rings. The molecule has 2 aromatic rings. The van der Waals surface area contributed by atoms with Crippen molar-refractivity contribution in [3.05, 3.63) is 59.4 Å². The molecule has 0 spiro atoms. The molecule has 0 aliphatic heterocycles. The Hall–Kier alpha value is -1.58. The molecule has 2 N–H and O–H groups in total. The van der Waals surface area contributed by atoms with E-state index < -0.39 is 5.82 Å². The Bertz CT molecular complexity index is 467. The predicted molar refractivity (Wildman–Crippen MR) is 64.2 cm³/mol. The van der Waals surface area contributed by atoms with Crippen LogP contribution in [0.4, 0.5) is 15.8 Å². The van der Waals surface area contributed by atoms with Gasteiger partial charge >= 0.3 is 0 Å². The summed E-state index contributed by atoms with van der Waals surface area (Å²) < 4.78 is 13.6. The Kier molecular flexibility index (Phi) is 3.08. The third-order valence-corrected chi connectivity index (χ3v) is 2.52. The molecule has 0 radical (unpaired) electrons. The Labute approximate surface area is 98.0 Å². The van der Waals surface area contributed by atoms with Crippen LogP contribution >= 0.6 is 11.6 Å². The van der Waals surface area contributed by atoms with Gasteiger partial charge in [-0.2, -0.15) is 0 Å². The van der Waals surface area contributed by atoms with Crippen molar-refractivity contribution in [1.29, 1.82) is 0 Å². The number of benzene rings is 2. The van der Waals surface area contributed by atoms with E-state index in [1.165, 1.54) is 11.1 Å². The lowest BCUT2D eigenvalue weighted by Crippen LogP contribution is -2.26. The molecule has 0 heterocycles. The molecule has 0 bridgehead atoms. The zero-order chi connectivity index (χ0) is 11.5. The number of halogens is 2. The van der Waals surface area contributed by atoms with Gasteiger partial charge in [0.15, 0.2) is 0 Å². The zero-order valence-electron chi connectivity index (χ0n) is 8.40. The fraction of sp³-hybridized carbons (Fsp3) is 0. The number of para-hydroxylation sites is 2. The van der Waals surface area contributed by atoms with Gasteiger partial charge in [-0.25, -0.2) is 10.2 Å². The number of nitrogens with two attached hydrogens (primary N) is 1. The minimum atomic E-state index is -0.446. The number of hydrogen-bond acceptors (Lipinski definition) is 2. The summed E-state index contributed by atoms with van der Waals surface area (Å²) in [6.45, 7) is 0. The van der Waals surface area contributed by atoms with E-state index in [2.05, 4.69) is 0 Å². The average Bonchev–Trinajstić information content (AvgIpc) is 2.30. The van der Waals surface area contributed by atoms with Gasteiger partial charge in [0.1, 0.15) is 11.5 Å². The Morgan fingerprint density at radius 3 is 2.31 bits per heavy atom. The molecule has 82 valence electrons. The van der Waals surface area contributed by atoms with Gasteiger partial charge in [-0.1, -0.05) is 35.9 Å². The predicted octanol–water partition coefficient (Wildman–Crippen LogP) is 3.49. The molecule has 0 amide bonds. The van der Waals surface area contributed by atoms with Crippen molar-refractivity contribution in [2.45, 2.75) is 0 Å². The zero-order valence-corrected chi connectivity index (χ0v) is 9.16. The summed E-state index contributed by atoms with van der Waals surface area (Å²) in [5, 5.41) is 1.52. The van der Waals surface area contributed by atoms with E-state index in [9.17, 15) is 4.39 Å². The molecule has 0 saturated heterocycles. The summed E-state index contributed by atoms with van der Waals surface area (Å²) in [6, 6.07) is 13.5. The van der Waals surface area contributed by atoms with Gasteiger partial charge in [0, 0.05) is 0 Å². The average molecular weight is 237 g/mol. The van der Waals surface area contributed by atoms with E-state index in [0.29, 0.717) is 5.69 Å². The van der Waals surface area contributed by atoms with Crippen LogP contribution < -0.4 is 10.9 Å². The summed E-state index contributed by atoms with van der Waals surface area (Å²) in [5.74, 6) is 5.38. The highest BCUT2D eigenvalue weighted by Gasteiger charge is 2.13. The van der Waals surface area contributed by atoms with Gasteiger partial charge < -0.3 is 0 Å². The Balaban J connectivity index is 2.46. The molecule has 0 atom stereocenters. The largest absolute Gasteiger partial charge is 0.275 e. The smallest absolute Gasteiger partial charge is 0.149 e. The number of rotatable bonds is 2. The highest BCUT2D eigenvalue weighted by molar-refractivity contribution is 6.33.